The third-order valence-electron chi connectivity index (χ3n) is 4.21. The van der Waals surface area contributed by atoms with E-state index in [1.54, 1.807) is 7.11 Å². The summed E-state index contributed by atoms with van der Waals surface area (Å²) in [5.74, 6) is 0.802. The largest absolute Gasteiger partial charge is 0.496 e. The zero-order valence-electron chi connectivity index (χ0n) is 13.6. The highest BCUT2D eigenvalue weighted by Crippen LogP contribution is 2.26. The number of benzene rings is 1. The Morgan fingerprint density at radius 3 is 2.50 bits per heavy atom. The standard InChI is InChI=1S/C18H20BrN3O2/c1-24-17-3-2-15(12-16(17)19)18(23)22-10-8-21(9-11-22)13-14-4-6-20-7-5-14/h2-7,12H,8-11,13H2,1H3. The van der Waals surface area contributed by atoms with Gasteiger partial charge < -0.3 is 9.64 Å². The molecule has 2 heterocycles. The van der Waals surface area contributed by atoms with Gasteiger partial charge in [-0.3, -0.25) is 14.7 Å². The van der Waals surface area contributed by atoms with Crippen molar-refractivity contribution in [2.75, 3.05) is 33.3 Å². The van der Waals surface area contributed by atoms with Gasteiger partial charge in [0.1, 0.15) is 5.75 Å². The third-order valence-corrected chi connectivity index (χ3v) is 4.83. The number of carbonyl (C=O) groups is 1. The molecule has 1 aromatic carbocycles. The Morgan fingerprint density at radius 2 is 1.88 bits per heavy atom. The first-order valence-corrected chi connectivity index (χ1v) is 8.71. The maximum atomic E-state index is 12.7. The van der Waals surface area contributed by atoms with Gasteiger partial charge in [0.05, 0.1) is 11.6 Å². The summed E-state index contributed by atoms with van der Waals surface area (Å²) in [6.45, 7) is 4.15. The van der Waals surface area contributed by atoms with E-state index in [9.17, 15) is 4.79 Å². The number of carbonyl (C=O) groups excluding carboxylic acids is 1. The summed E-state index contributed by atoms with van der Waals surface area (Å²) in [6.07, 6.45) is 3.63. The molecule has 0 aliphatic carbocycles. The van der Waals surface area contributed by atoms with Crippen LogP contribution in [0, 0.1) is 0 Å². The number of pyridine rings is 1. The van der Waals surface area contributed by atoms with E-state index in [4.69, 9.17) is 4.74 Å². The Kier molecular flexibility index (Phi) is 5.48. The van der Waals surface area contributed by atoms with Crippen LogP contribution in [0.1, 0.15) is 15.9 Å². The van der Waals surface area contributed by atoms with Crippen LogP contribution >= 0.6 is 15.9 Å². The van der Waals surface area contributed by atoms with Gasteiger partial charge >= 0.3 is 0 Å². The fourth-order valence-electron chi connectivity index (χ4n) is 2.84. The molecule has 1 aliphatic rings. The second kappa shape index (κ2) is 7.77. The van der Waals surface area contributed by atoms with Crippen molar-refractivity contribution >= 4 is 21.8 Å². The number of hydrogen-bond donors (Lipinski definition) is 0. The van der Waals surface area contributed by atoms with E-state index in [0.717, 1.165) is 42.9 Å². The van der Waals surface area contributed by atoms with Crippen molar-refractivity contribution in [1.82, 2.24) is 14.8 Å². The van der Waals surface area contributed by atoms with Crippen molar-refractivity contribution in [3.63, 3.8) is 0 Å². The molecule has 1 saturated heterocycles. The first kappa shape index (κ1) is 16.9. The van der Waals surface area contributed by atoms with Crippen LogP contribution < -0.4 is 4.74 Å². The molecule has 0 spiro atoms. The van der Waals surface area contributed by atoms with Crippen molar-refractivity contribution < 1.29 is 9.53 Å². The predicted octanol–water partition coefficient (Wildman–Crippen LogP) is 2.81. The van der Waals surface area contributed by atoms with Crippen molar-refractivity contribution in [2.45, 2.75) is 6.54 Å². The van der Waals surface area contributed by atoms with E-state index in [0.29, 0.717) is 5.56 Å². The molecule has 126 valence electrons. The first-order chi connectivity index (χ1) is 11.7. The Balaban J connectivity index is 1.58. The third kappa shape index (κ3) is 3.94. The number of ether oxygens (including phenoxy) is 1. The van der Waals surface area contributed by atoms with Crippen LogP contribution in [0.25, 0.3) is 0 Å². The highest BCUT2D eigenvalue weighted by atomic mass is 79.9. The summed E-state index contributed by atoms with van der Waals surface area (Å²) in [6, 6.07) is 9.52. The lowest BCUT2D eigenvalue weighted by Crippen LogP contribution is -2.48. The predicted molar refractivity (Wildman–Crippen MR) is 96.1 cm³/mol. The summed E-state index contributed by atoms with van der Waals surface area (Å²) in [5, 5.41) is 0. The summed E-state index contributed by atoms with van der Waals surface area (Å²) >= 11 is 3.44. The van der Waals surface area contributed by atoms with Crippen LogP contribution in [-0.2, 0) is 6.54 Å². The van der Waals surface area contributed by atoms with Gasteiger partial charge in [0.25, 0.3) is 5.91 Å². The lowest BCUT2D eigenvalue weighted by Gasteiger charge is -2.34. The second-order valence-electron chi connectivity index (χ2n) is 5.77. The number of halogens is 1. The molecule has 1 fully saturated rings. The van der Waals surface area contributed by atoms with E-state index in [2.05, 4.69) is 25.8 Å². The maximum absolute atomic E-state index is 12.7. The molecule has 0 bridgehead atoms. The molecule has 3 rings (SSSR count). The first-order valence-electron chi connectivity index (χ1n) is 7.91. The van der Waals surface area contributed by atoms with E-state index in [1.807, 2.05) is 47.6 Å². The SMILES string of the molecule is COc1ccc(C(=O)N2CCN(Cc3ccncc3)CC2)cc1Br. The van der Waals surface area contributed by atoms with Gasteiger partial charge in [0.2, 0.25) is 0 Å². The van der Waals surface area contributed by atoms with Crippen LogP contribution in [0.4, 0.5) is 0 Å². The van der Waals surface area contributed by atoms with Gasteiger partial charge in [-0.05, 0) is 51.8 Å². The molecule has 24 heavy (non-hydrogen) atoms. The van der Waals surface area contributed by atoms with Gasteiger partial charge in [-0.15, -0.1) is 0 Å². The lowest BCUT2D eigenvalue weighted by atomic mass is 10.1. The van der Waals surface area contributed by atoms with E-state index >= 15 is 0 Å². The number of piperazine rings is 1. The second-order valence-corrected chi connectivity index (χ2v) is 6.63. The topological polar surface area (TPSA) is 45.7 Å². The van der Waals surface area contributed by atoms with Crippen molar-refractivity contribution in [1.29, 1.82) is 0 Å². The van der Waals surface area contributed by atoms with E-state index < -0.39 is 0 Å². The van der Waals surface area contributed by atoms with Crippen LogP contribution in [-0.4, -0.2) is 54.0 Å². The van der Waals surface area contributed by atoms with E-state index in [-0.39, 0.29) is 5.91 Å². The molecule has 2 aromatic rings. The minimum Gasteiger partial charge on any atom is -0.496 e. The van der Waals surface area contributed by atoms with Gasteiger partial charge in [-0.1, -0.05) is 0 Å². The fraction of sp³-hybridized carbons (Fsp3) is 0.333. The summed E-state index contributed by atoms with van der Waals surface area (Å²) in [5.41, 5.74) is 1.94. The molecule has 5 nitrogen and oxygen atoms in total. The summed E-state index contributed by atoms with van der Waals surface area (Å²) in [7, 11) is 1.61. The van der Waals surface area contributed by atoms with Crippen molar-refractivity contribution in [3.8, 4) is 5.75 Å². The molecule has 1 aromatic heterocycles. The molecule has 1 amide bonds. The lowest BCUT2D eigenvalue weighted by molar-refractivity contribution is 0.0628. The smallest absolute Gasteiger partial charge is 0.253 e. The highest BCUT2D eigenvalue weighted by Gasteiger charge is 2.22. The highest BCUT2D eigenvalue weighted by molar-refractivity contribution is 9.10. The molecular formula is C18H20BrN3O2. The molecule has 0 saturated carbocycles. The Labute approximate surface area is 150 Å². The molecular weight excluding hydrogens is 370 g/mol. The zero-order chi connectivity index (χ0) is 16.9. The Morgan fingerprint density at radius 1 is 1.17 bits per heavy atom. The summed E-state index contributed by atoms with van der Waals surface area (Å²) in [4.78, 5) is 21.0. The molecule has 1 aliphatic heterocycles. The van der Waals surface area contributed by atoms with Crippen LogP contribution in [0.2, 0.25) is 0 Å². The normalized spacial score (nSPS) is 15.3. The molecule has 0 radical (unpaired) electrons. The van der Waals surface area contributed by atoms with Crippen LogP contribution in [0.3, 0.4) is 0 Å². The number of methoxy groups -OCH3 is 1. The van der Waals surface area contributed by atoms with Gasteiger partial charge in [-0.2, -0.15) is 0 Å². The minimum atomic E-state index is 0.0712. The van der Waals surface area contributed by atoms with E-state index in [1.165, 1.54) is 5.56 Å². The van der Waals surface area contributed by atoms with Gasteiger partial charge in [0, 0.05) is 50.7 Å². The van der Waals surface area contributed by atoms with Crippen LogP contribution in [0.5, 0.6) is 5.75 Å². The number of rotatable bonds is 4. The number of hydrogen-bond acceptors (Lipinski definition) is 4. The summed E-state index contributed by atoms with van der Waals surface area (Å²) < 4.78 is 6.01. The Hall–Kier alpha value is -1.92. The van der Waals surface area contributed by atoms with Gasteiger partial charge in [-0.25, -0.2) is 0 Å². The molecule has 0 atom stereocenters. The monoisotopic (exact) mass is 389 g/mol. The number of aromatic nitrogens is 1. The number of nitrogens with zero attached hydrogens (tertiary/aromatic N) is 3. The van der Waals surface area contributed by atoms with Crippen molar-refractivity contribution in [2.24, 2.45) is 0 Å². The average molecular weight is 390 g/mol. The average Bonchev–Trinajstić information content (AvgIpc) is 2.62. The molecule has 6 heteroatoms. The molecule has 0 unspecified atom stereocenters. The quantitative estimate of drug-likeness (QED) is 0.806. The maximum Gasteiger partial charge on any atom is 0.253 e. The van der Waals surface area contributed by atoms with Crippen molar-refractivity contribution in [3.05, 3.63) is 58.3 Å². The number of amides is 1. The fourth-order valence-corrected chi connectivity index (χ4v) is 3.38. The minimum absolute atomic E-state index is 0.0712. The van der Waals surface area contributed by atoms with Crippen LogP contribution in [0.15, 0.2) is 47.2 Å². The zero-order valence-corrected chi connectivity index (χ0v) is 15.2. The molecule has 0 N–H and O–H groups in total. The van der Waals surface area contributed by atoms with Gasteiger partial charge in [0.15, 0.2) is 0 Å². The Bertz CT molecular complexity index is 701.